The van der Waals surface area contributed by atoms with Gasteiger partial charge in [-0.1, -0.05) is 47.2 Å². The van der Waals surface area contributed by atoms with Crippen molar-refractivity contribution in [2.75, 3.05) is 26.9 Å². The zero-order valence-electron chi connectivity index (χ0n) is 26.9. The van der Waals surface area contributed by atoms with Gasteiger partial charge in [-0.3, -0.25) is 9.36 Å². The molecule has 0 saturated heterocycles. The second-order valence-electron chi connectivity index (χ2n) is 10.5. The Kier molecular flexibility index (Phi) is 12.0. The van der Waals surface area contributed by atoms with Crippen molar-refractivity contribution >= 4 is 72.8 Å². The first kappa shape index (κ1) is 36.4. The summed E-state index contributed by atoms with van der Waals surface area (Å²) in [4.78, 5) is 44.4. The Morgan fingerprint density at radius 1 is 1.00 bits per heavy atom. The highest BCUT2D eigenvalue weighted by Crippen LogP contribution is 2.38. The summed E-state index contributed by atoms with van der Waals surface area (Å²) in [5.74, 6) is 0.0671. The molecule has 3 aromatic carbocycles. The van der Waals surface area contributed by atoms with Gasteiger partial charge in [0.25, 0.3) is 5.56 Å². The van der Waals surface area contributed by atoms with Crippen LogP contribution < -0.4 is 29.1 Å². The Labute approximate surface area is 307 Å². The van der Waals surface area contributed by atoms with E-state index in [1.807, 2.05) is 37.3 Å². The highest BCUT2D eigenvalue weighted by atomic mass is 79.9. The number of methoxy groups -OCH3 is 1. The molecule has 256 valence electrons. The van der Waals surface area contributed by atoms with Crippen molar-refractivity contribution in [3.8, 4) is 17.2 Å². The SMILES string of the molecule is CCOC(=O)C1=C(C)N=c2s/c(=C\c3cc(Br)c(OCc4ccccc4Cl)c(Br)c3)c(=O)n2[C@@H]1c1ccc(OCC(=O)OC)c(OCC)c1. The smallest absolute Gasteiger partial charge is 0.343 e. The molecule has 0 unspecified atom stereocenters. The summed E-state index contributed by atoms with van der Waals surface area (Å²) < 4.78 is 30.9. The molecule has 14 heteroatoms. The number of aromatic nitrogens is 1. The molecule has 2 heterocycles. The number of ether oxygens (including phenoxy) is 5. The Morgan fingerprint density at radius 2 is 1.73 bits per heavy atom. The lowest BCUT2D eigenvalue weighted by Crippen LogP contribution is -2.40. The van der Waals surface area contributed by atoms with Gasteiger partial charge in [-0.05, 0) is 100 Å². The zero-order valence-corrected chi connectivity index (χ0v) is 31.6. The van der Waals surface area contributed by atoms with Crippen molar-refractivity contribution in [3.63, 3.8) is 0 Å². The molecule has 1 aromatic heterocycles. The van der Waals surface area contributed by atoms with Gasteiger partial charge < -0.3 is 23.7 Å². The van der Waals surface area contributed by atoms with Crippen molar-refractivity contribution < 1.29 is 33.3 Å². The summed E-state index contributed by atoms with van der Waals surface area (Å²) in [6.07, 6.45) is 1.76. The summed E-state index contributed by atoms with van der Waals surface area (Å²) in [6, 6.07) is 15.3. The predicted octanol–water partition coefficient (Wildman–Crippen LogP) is 6.51. The van der Waals surface area contributed by atoms with Gasteiger partial charge in [-0.15, -0.1) is 0 Å². The molecule has 49 heavy (non-hydrogen) atoms. The summed E-state index contributed by atoms with van der Waals surface area (Å²) in [7, 11) is 1.27. The third-order valence-electron chi connectivity index (χ3n) is 7.32. The van der Waals surface area contributed by atoms with Gasteiger partial charge in [0.15, 0.2) is 22.9 Å². The van der Waals surface area contributed by atoms with Crippen LogP contribution in [0.1, 0.15) is 43.5 Å². The van der Waals surface area contributed by atoms with Gasteiger partial charge in [-0.25, -0.2) is 14.6 Å². The molecule has 0 radical (unpaired) electrons. The topological polar surface area (TPSA) is 115 Å². The van der Waals surface area contributed by atoms with E-state index >= 15 is 0 Å². The third kappa shape index (κ3) is 8.12. The molecule has 4 aromatic rings. The first-order valence-corrected chi connectivity index (χ1v) is 17.9. The predicted molar refractivity (Wildman–Crippen MR) is 193 cm³/mol. The fourth-order valence-electron chi connectivity index (χ4n) is 5.10. The molecule has 1 atom stereocenters. The summed E-state index contributed by atoms with van der Waals surface area (Å²) in [5.41, 5.74) is 2.42. The highest BCUT2D eigenvalue weighted by molar-refractivity contribution is 9.11. The minimum absolute atomic E-state index is 0.138. The molecule has 0 spiro atoms. The second kappa shape index (κ2) is 16.2. The van der Waals surface area contributed by atoms with E-state index in [0.29, 0.717) is 58.4 Å². The average Bonchev–Trinajstić information content (AvgIpc) is 3.37. The highest BCUT2D eigenvalue weighted by Gasteiger charge is 2.34. The minimum Gasteiger partial charge on any atom is -0.490 e. The number of allylic oxidation sites excluding steroid dienone is 1. The van der Waals surface area contributed by atoms with Crippen molar-refractivity contribution in [2.24, 2.45) is 4.99 Å². The molecular weight excluding hydrogens is 804 g/mol. The van der Waals surface area contributed by atoms with Crippen LogP contribution in [0.25, 0.3) is 6.08 Å². The summed E-state index contributed by atoms with van der Waals surface area (Å²) >= 11 is 14.7. The van der Waals surface area contributed by atoms with Gasteiger partial charge in [0.1, 0.15) is 12.4 Å². The van der Waals surface area contributed by atoms with E-state index in [-0.39, 0.29) is 31.0 Å². The second-order valence-corrected chi connectivity index (χ2v) is 13.6. The van der Waals surface area contributed by atoms with Crippen LogP contribution in [0.2, 0.25) is 5.02 Å². The fraction of sp³-hybridized carbons (Fsp3) is 0.257. The largest absolute Gasteiger partial charge is 0.490 e. The number of benzene rings is 3. The van der Waals surface area contributed by atoms with E-state index in [4.69, 9.17) is 30.5 Å². The number of esters is 2. The average molecular weight is 835 g/mol. The number of hydrogen-bond donors (Lipinski definition) is 0. The van der Waals surface area contributed by atoms with Gasteiger partial charge >= 0.3 is 11.9 Å². The number of carbonyl (C=O) groups is 2. The number of hydrogen-bond acceptors (Lipinski definition) is 10. The number of nitrogens with zero attached hydrogens (tertiary/aromatic N) is 2. The van der Waals surface area contributed by atoms with E-state index in [1.165, 1.54) is 23.0 Å². The van der Waals surface area contributed by atoms with Crippen LogP contribution in [0.15, 0.2) is 84.6 Å². The Bertz CT molecular complexity index is 2110. The monoisotopic (exact) mass is 832 g/mol. The number of thiazole rings is 1. The van der Waals surface area contributed by atoms with Crippen LogP contribution in [0, 0.1) is 0 Å². The van der Waals surface area contributed by atoms with Gasteiger partial charge in [0.2, 0.25) is 0 Å². The van der Waals surface area contributed by atoms with E-state index in [2.05, 4.69) is 41.6 Å². The number of fused-ring (bicyclic) bond motifs is 1. The maximum absolute atomic E-state index is 14.2. The minimum atomic E-state index is -0.884. The molecule has 0 fully saturated rings. The maximum Gasteiger partial charge on any atom is 0.343 e. The number of rotatable bonds is 12. The van der Waals surface area contributed by atoms with Crippen LogP contribution >= 0.6 is 54.8 Å². The lowest BCUT2D eigenvalue weighted by molar-refractivity contribution is -0.143. The molecule has 10 nitrogen and oxygen atoms in total. The first-order chi connectivity index (χ1) is 23.6. The molecule has 0 saturated carbocycles. The van der Waals surface area contributed by atoms with E-state index in [0.717, 1.165) is 11.1 Å². The standard InChI is InChI=1S/C35H31Br2ClN2O8S/c1-5-45-27-16-21(11-12-26(27)47-18-29(41)44-4)31-30(34(43)46-6-2)19(3)39-35-40(31)33(42)28(49-35)15-20-13-23(36)32(24(37)14-20)48-17-22-9-7-8-10-25(22)38/h7-16,31H,5-6,17-18H2,1-4H3/b28-15-/t31-/m1/s1. The third-order valence-corrected chi connectivity index (χ3v) is 9.85. The summed E-state index contributed by atoms with van der Waals surface area (Å²) in [6.45, 7) is 5.61. The van der Waals surface area contributed by atoms with Crippen LogP contribution in [0.5, 0.6) is 17.2 Å². The van der Waals surface area contributed by atoms with Crippen molar-refractivity contribution in [2.45, 2.75) is 33.4 Å². The molecule has 0 aliphatic carbocycles. The molecule has 1 aliphatic rings. The molecule has 0 N–H and O–H groups in total. The van der Waals surface area contributed by atoms with Gasteiger partial charge in [-0.2, -0.15) is 0 Å². The lowest BCUT2D eigenvalue weighted by Gasteiger charge is -2.25. The van der Waals surface area contributed by atoms with E-state index in [9.17, 15) is 14.4 Å². The van der Waals surface area contributed by atoms with Crippen LogP contribution in [-0.4, -0.2) is 43.4 Å². The summed E-state index contributed by atoms with van der Waals surface area (Å²) in [5, 5.41) is 0.610. The quantitative estimate of drug-likeness (QED) is 0.149. The number of carbonyl (C=O) groups excluding carboxylic acids is 2. The first-order valence-electron chi connectivity index (χ1n) is 15.1. The molecule has 0 amide bonds. The van der Waals surface area contributed by atoms with E-state index < -0.39 is 18.0 Å². The normalized spacial score (nSPS) is 14.2. The lowest BCUT2D eigenvalue weighted by atomic mass is 9.95. The van der Waals surface area contributed by atoms with Crippen LogP contribution in [0.4, 0.5) is 0 Å². The van der Waals surface area contributed by atoms with Gasteiger partial charge in [0.05, 0.1) is 51.1 Å². The zero-order chi connectivity index (χ0) is 35.2. The van der Waals surface area contributed by atoms with E-state index in [1.54, 1.807) is 44.2 Å². The molecule has 1 aliphatic heterocycles. The fourth-order valence-corrected chi connectivity index (χ4v) is 7.79. The molecular formula is C35H31Br2ClN2O8S. The molecule has 5 rings (SSSR count). The van der Waals surface area contributed by atoms with Gasteiger partial charge in [0, 0.05) is 10.6 Å². The van der Waals surface area contributed by atoms with Crippen LogP contribution in [0.3, 0.4) is 0 Å². The molecule has 0 bridgehead atoms. The van der Waals surface area contributed by atoms with Crippen molar-refractivity contribution in [3.05, 3.63) is 116 Å². The Balaban J connectivity index is 1.57. The Hall–Kier alpha value is -3.91. The van der Waals surface area contributed by atoms with Crippen molar-refractivity contribution in [1.82, 2.24) is 4.57 Å². The van der Waals surface area contributed by atoms with Crippen LogP contribution in [-0.2, 0) is 25.7 Å². The Morgan fingerprint density at radius 3 is 2.41 bits per heavy atom. The van der Waals surface area contributed by atoms with Crippen molar-refractivity contribution in [1.29, 1.82) is 0 Å². The maximum atomic E-state index is 14.2. The number of halogens is 3.